The summed E-state index contributed by atoms with van der Waals surface area (Å²) in [7, 11) is 0. The fourth-order valence-corrected chi connectivity index (χ4v) is 4.74. The van der Waals surface area contributed by atoms with Gasteiger partial charge in [0.1, 0.15) is 0 Å². The molecule has 3 heterocycles. The van der Waals surface area contributed by atoms with Gasteiger partial charge in [0.25, 0.3) is 5.56 Å². The molecule has 2 aliphatic heterocycles. The summed E-state index contributed by atoms with van der Waals surface area (Å²) in [6.45, 7) is 2.46. The molecule has 2 aliphatic rings. The molecular formula is C19H27BrN4O7. The number of aliphatic carboxylic acids is 1. The van der Waals surface area contributed by atoms with Crippen molar-refractivity contribution in [3.05, 3.63) is 31.5 Å². The number of nitrogens with one attached hydrogen (secondary N) is 1. The number of carboxylic acid groups (broad SMARTS) is 1. The van der Waals surface area contributed by atoms with Crippen molar-refractivity contribution in [2.24, 2.45) is 5.73 Å². The smallest absolute Gasteiger partial charge is 0.328 e. The lowest BCUT2D eigenvalue weighted by Gasteiger charge is -2.51. The van der Waals surface area contributed by atoms with Crippen molar-refractivity contribution in [2.75, 3.05) is 19.7 Å². The van der Waals surface area contributed by atoms with Crippen LogP contribution < -0.4 is 17.0 Å². The van der Waals surface area contributed by atoms with Gasteiger partial charge in [0.2, 0.25) is 5.91 Å². The SMILES string of the molecule is C[C@@]1(O)CC2(CCN(C(=O)[C@@H](N)CCC(=O)O)CC2)OC[C@H]1n1cc(Br)c(=O)[nH]c1=O. The average molecular weight is 503 g/mol. The molecule has 1 spiro atoms. The van der Waals surface area contributed by atoms with E-state index in [1.807, 2.05) is 0 Å². The van der Waals surface area contributed by atoms with Gasteiger partial charge in [-0.25, -0.2) is 4.79 Å². The van der Waals surface area contributed by atoms with E-state index >= 15 is 0 Å². The van der Waals surface area contributed by atoms with Gasteiger partial charge in [-0.05, 0) is 42.1 Å². The number of amides is 1. The Morgan fingerprint density at radius 1 is 1.39 bits per heavy atom. The minimum absolute atomic E-state index is 0.0669. The van der Waals surface area contributed by atoms with Gasteiger partial charge in [0.15, 0.2) is 0 Å². The molecule has 0 aromatic carbocycles. The Morgan fingerprint density at radius 2 is 2.03 bits per heavy atom. The second-order valence-electron chi connectivity index (χ2n) is 8.55. The van der Waals surface area contributed by atoms with E-state index in [1.54, 1.807) is 11.8 Å². The first-order chi connectivity index (χ1) is 14.4. The Balaban J connectivity index is 1.66. The summed E-state index contributed by atoms with van der Waals surface area (Å²) in [5.41, 5.74) is 2.73. The zero-order chi connectivity index (χ0) is 23.0. The number of carbonyl (C=O) groups excluding carboxylic acids is 1. The van der Waals surface area contributed by atoms with Crippen molar-refractivity contribution in [1.29, 1.82) is 0 Å². The van der Waals surface area contributed by atoms with E-state index in [-0.39, 0.29) is 36.2 Å². The van der Waals surface area contributed by atoms with Crippen molar-refractivity contribution in [3.8, 4) is 0 Å². The monoisotopic (exact) mass is 502 g/mol. The lowest BCUT2D eigenvalue weighted by molar-refractivity contribution is -0.198. The number of nitrogens with zero attached hydrogens (tertiary/aromatic N) is 2. The van der Waals surface area contributed by atoms with Gasteiger partial charge in [-0.2, -0.15) is 0 Å². The quantitative estimate of drug-likeness (QED) is 0.420. The van der Waals surface area contributed by atoms with Crippen LogP contribution in [-0.2, 0) is 14.3 Å². The number of aromatic amines is 1. The number of carboxylic acids is 1. The van der Waals surface area contributed by atoms with E-state index in [9.17, 15) is 24.3 Å². The third kappa shape index (κ3) is 5.08. The van der Waals surface area contributed by atoms with Crippen LogP contribution in [0.25, 0.3) is 0 Å². The molecule has 1 aromatic heterocycles. The maximum absolute atomic E-state index is 12.5. The number of piperidine rings is 1. The van der Waals surface area contributed by atoms with Crippen molar-refractivity contribution in [1.82, 2.24) is 14.5 Å². The molecule has 12 heteroatoms. The molecular weight excluding hydrogens is 476 g/mol. The van der Waals surface area contributed by atoms with E-state index in [2.05, 4.69) is 20.9 Å². The summed E-state index contributed by atoms with van der Waals surface area (Å²) in [5, 5.41) is 19.9. The first-order valence-electron chi connectivity index (χ1n) is 10.1. The van der Waals surface area contributed by atoms with Crippen LogP contribution >= 0.6 is 15.9 Å². The summed E-state index contributed by atoms with van der Waals surface area (Å²) in [6.07, 6.45) is 2.47. The second-order valence-corrected chi connectivity index (χ2v) is 9.41. The third-order valence-electron chi connectivity index (χ3n) is 6.18. The van der Waals surface area contributed by atoms with Crippen molar-refractivity contribution >= 4 is 27.8 Å². The van der Waals surface area contributed by atoms with E-state index in [1.165, 1.54) is 10.8 Å². The van der Waals surface area contributed by atoms with Crippen LogP contribution in [0, 0.1) is 0 Å². The minimum atomic E-state index is -1.29. The summed E-state index contributed by atoms with van der Waals surface area (Å²) in [6, 6.07) is -1.56. The molecule has 0 saturated carbocycles. The van der Waals surface area contributed by atoms with Crippen molar-refractivity contribution in [3.63, 3.8) is 0 Å². The normalized spacial score (nSPS) is 26.6. The Kier molecular flexibility index (Phi) is 6.75. The summed E-state index contributed by atoms with van der Waals surface area (Å²) >= 11 is 3.10. The third-order valence-corrected chi connectivity index (χ3v) is 6.74. The minimum Gasteiger partial charge on any atom is -0.481 e. The van der Waals surface area contributed by atoms with Gasteiger partial charge >= 0.3 is 11.7 Å². The molecule has 1 aromatic rings. The van der Waals surface area contributed by atoms with E-state index in [0.29, 0.717) is 25.9 Å². The van der Waals surface area contributed by atoms with Crippen LogP contribution in [0.5, 0.6) is 0 Å². The zero-order valence-corrected chi connectivity index (χ0v) is 18.8. The maximum Gasteiger partial charge on any atom is 0.328 e. The Labute approximate surface area is 186 Å². The van der Waals surface area contributed by atoms with Gasteiger partial charge in [-0.3, -0.25) is 23.9 Å². The largest absolute Gasteiger partial charge is 0.481 e. The number of aromatic nitrogens is 2. The number of ether oxygens (including phenoxy) is 1. The highest BCUT2D eigenvalue weighted by molar-refractivity contribution is 9.10. The average Bonchev–Trinajstić information content (AvgIpc) is 2.69. The lowest BCUT2D eigenvalue weighted by Crippen LogP contribution is -2.60. The van der Waals surface area contributed by atoms with Crippen LogP contribution in [0.3, 0.4) is 0 Å². The number of hydrogen-bond donors (Lipinski definition) is 4. The van der Waals surface area contributed by atoms with Crippen LogP contribution in [-0.4, -0.2) is 73.5 Å². The zero-order valence-electron chi connectivity index (χ0n) is 17.2. The molecule has 0 bridgehead atoms. The Morgan fingerprint density at radius 3 is 2.61 bits per heavy atom. The molecule has 2 fully saturated rings. The van der Waals surface area contributed by atoms with Crippen LogP contribution in [0.15, 0.2) is 20.3 Å². The number of halogens is 1. The fraction of sp³-hybridized carbons (Fsp3) is 0.684. The number of rotatable bonds is 5. The molecule has 11 nitrogen and oxygen atoms in total. The number of H-pyrrole nitrogens is 1. The van der Waals surface area contributed by atoms with Crippen molar-refractivity contribution in [2.45, 2.75) is 62.3 Å². The fourth-order valence-electron chi connectivity index (χ4n) is 4.42. The van der Waals surface area contributed by atoms with Crippen LogP contribution in [0.2, 0.25) is 0 Å². The first kappa shape index (κ1) is 23.6. The molecule has 5 N–H and O–H groups in total. The highest BCUT2D eigenvalue weighted by atomic mass is 79.9. The lowest BCUT2D eigenvalue weighted by atomic mass is 9.75. The number of hydrogen-bond acceptors (Lipinski definition) is 7. The molecule has 0 aliphatic carbocycles. The number of aliphatic hydroxyl groups is 1. The molecule has 0 unspecified atom stereocenters. The summed E-state index contributed by atoms with van der Waals surface area (Å²) < 4.78 is 7.57. The van der Waals surface area contributed by atoms with Gasteiger partial charge in [0, 0.05) is 32.1 Å². The first-order valence-corrected chi connectivity index (χ1v) is 10.9. The second kappa shape index (κ2) is 8.85. The predicted molar refractivity (Wildman–Crippen MR) is 113 cm³/mol. The predicted octanol–water partition coefficient (Wildman–Crippen LogP) is -0.435. The highest BCUT2D eigenvalue weighted by Gasteiger charge is 2.50. The van der Waals surface area contributed by atoms with Crippen LogP contribution in [0.1, 0.15) is 45.1 Å². The standard InChI is InChI=1S/C19H27BrN4O7/c1-18(30)10-19(31-9-13(18)24-8-11(20)15(27)22-17(24)29)4-6-23(7-5-19)16(28)12(21)2-3-14(25)26/h8,12-13,30H,2-7,9-10,21H2,1H3,(H,25,26)(H,22,27,29)/t12-,13+,18+/m0/s1. The molecule has 172 valence electrons. The van der Waals surface area contributed by atoms with Gasteiger partial charge in [0.05, 0.1) is 34.4 Å². The van der Waals surface area contributed by atoms with Gasteiger partial charge in [-0.1, -0.05) is 0 Å². The van der Waals surface area contributed by atoms with E-state index in [4.69, 9.17) is 15.6 Å². The summed E-state index contributed by atoms with van der Waals surface area (Å²) in [4.78, 5) is 50.8. The molecule has 3 atom stereocenters. The van der Waals surface area contributed by atoms with Crippen molar-refractivity contribution < 1.29 is 24.5 Å². The molecule has 31 heavy (non-hydrogen) atoms. The number of nitrogens with two attached hydrogens (primary N) is 1. The maximum atomic E-state index is 12.5. The molecule has 1 amide bonds. The Hall–Kier alpha value is -2.02. The van der Waals surface area contributed by atoms with Gasteiger partial charge in [-0.15, -0.1) is 0 Å². The van der Waals surface area contributed by atoms with Crippen LogP contribution in [0.4, 0.5) is 0 Å². The van der Waals surface area contributed by atoms with Gasteiger partial charge < -0.3 is 25.6 Å². The number of likely N-dealkylation sites (tertiary alicyclic amines) is 1. The topological polar surface area (TPSA) is 168 Å². The van der Waals surface area contributed by atoms with E-state index in [0.717, 1.165) is 0 Å². The molecule has 0 radical (unpaired) electrons. The Bertz CT molecular complexity index is 965. The number of carbonyl (C=O) groups is 2. The summed E-state index contributed by atoms with van der Waals surface area (Å²) in [5.74, 6) is -1.29. The van der Waals surface area contributed by atoms with E-state index < -0.39 is 40.5 Å². The highest BCUT2D eigenvalue weighted by Crippen LogP contribution is 2.43. The molecule has 3 rings (SSSR count). The molecule has 2 saturated heterocycles.